The monoisotopic (exact) mass is 493 g/mol. The summed E-state index contributed by atoms with van der Waals surface area (Å²) < 4.78 is 21.4. The van der Waals surface area contributed by atoms with Crippen molar-refractivity contribution in [2.75, 3.05) is 28.4 Å². The number of benzene rings is 2. The summed E-state index contributed by atoms with van der Waals surface area (Å²) in [6, 6.07) is 11.6. The van der Waals surface area contributed by atoms with E-state index in [4.69, 9.17) is 23.8 Å². The van der Waals surface area contributed by atoms with E-state index < -0.39 is 41.8 Å². The fourth-order valence-corrected chi connectivity index (χ4v) is 4.62. The molecule has 0 saturated carbocycles. The first-order valence-corrected chi connectivity index (χ1v) is 10.8. The van der Waals surface area contributed by atoms with E-state index in [0.717, 1.165) is 12.0 Å². The first kappa shape index (κ1) is 24.5. The topological polar surface area (TPSA) is 137 Å². The third-order valence-corrected chi connectivity index (χ3v) is 6.27. The smallest absolute Gasteiger partial charge is 0.329 e. The number of ether oxygens (including phenoxy) is 4. The van der Waals surface area contributed by atoms with Crippen molar-refractivity contribution in [2.24, 2.45) is 11.1 Å². The Morgan fingerprint density at radius 3 is 2.25 bits per heavy atom. The Labute approximate surface area is 206 Å². The summed E-state index contributed by atoms with van der Waals surface area (Å²) in [6.45, 7) is 0. The number of hydrogen-bond donors (Lipinski definition) is 0. The number of carbonyl (C=O) groups excluding carboxylic acids is 3. The van der Waals surface area contributed by atoms with Crippen molar-refractivity contribution in [2.45, 2.75) is 18.1 Å². The number of rotatable bonds is 7. The fraction of sp³-hybridized carbons (Fsp3) is 0.320. The van der Waals surface area contributed by atoms with Crippen molar-refractivity contribution in [1.82, 2.24) is 4.90 Å². The Kier molecular flexibility index (Phi) is 6.53. The number of imide groups is 1. The van der Waals surface area contributed by atoms with Crippen LogP contribution in [0.1, 0.15) is 22.3 Å². The van der Waals surface area contributed by atoms with E-state index in [1.807, 2.05) is 6.07 Å². The van der Waals surface area contributed by atoms with Gasteiger partial charge < -0.3 is 23.8 Å². The van der Waals surface area contributed by atoms with Gasteiger partial charge in [0.25, 0.3) is 11.8 Å². The van der Waals surface area contributed by atoms with Crippen LogP contribution in [0.25, 0.3) is 0 Å². The van der Waals surface area contributed by atoms with E-state index in [0.29, 0.717) is 5.75 Å². The molecule has 4 rings (SSSR count). The van der Waals surface area contributed by atoms with Crippen molar-refractivity contribution in [3.63, 3.8) is 0 Å². The summed E-state index contributed by atoms with van der Waals surface area (Å²) in [4.78, 5) is 46.9. The molecular weight excluding hydrogens is 470 g/mol. The molecule has 3 atom stereocenters. The molecule has 186 valence electrons. The molecule has 2 aliphatic rings. The minimum Gasteiger partial charge on any atom is -0.496 e. The number of carbonyl (C=O) groups is 3. The highest BCUT2D eigenvalue weighted by Gasteiger charge is 2.70. The van der Waals surface area contributed by atoms with Crippen LogP contribution in [0.15, 0.2) is 47.6 Å². The Morgan fingerprint density at radius 1 is 1.08 bits per heavy atom. The summed E-state index contributed by atoms with van der Waals surface area (Å²) >= 11 is 0. The highest BCUT2D eigenvalue weighted by molar-refractivity contribution is 6.20. The zero-order valence-electron chi connectivity index (χ0n) is 20.0. The van der Waals surface area contributed by atoms with Gasteiger partial charge in [0.2, 0.25) is 5.60 Å². The number of amides is 2. The van der Waals surface area contributed by atoms with Gasteiger partial charge in [0.1, 0.15) is 23.0 Å². The zero-order chi connectivity index (χ0) is 26.0. The number of nitrogens with zero attached hydrogens (tertiary/aromatic N) is 3. The van der Waals surface area contributed by atoms with Gasteiger partial charge in [-0.3, -0.25) is 14.5 Å². The van der Waals surface area contributed by atoms with E-state index in [2.05, 4.69) is 5.16 Å². The average molecular weight is 493 g/mol. The first-order chi connectivity index (χ1) is 17.4. The van der Waals surface area contributed by atoms with E-state index >= 15 is 0 Å². The number of likely N-dealkylation sites (tertiary alicyclic amines) is 1. The van der Waals surface area contributed by atoms with Gasteiger partial charge in [0.05, 0.1) is 52.4 Å². The Balaban J connectivity index is 1.94. The number of esters is 1. The van der Waals surface area contributed by atoms with Gasteiger partial charge in [-0.1, -0.05) is 23.4 Å². The van der Waals surface area contributed by atoms with Gasteiger partial charge >= 0.3 is 5.97 Å². The van der Waals surface area contributed by atoms with Crippen LogP contribution < -0.4 is 14.2 Å². The largest absolute Gasteiger partial charge is 0.496 e. The third-order valence-electron chi connectivity index (χ3n) is 6.27. The standard InChI is InChI=1S/C25H23N3O8/c1-32-15-12-16(33-2)18(17(13-15)34-3)20-19-21(23(30)35-4)28(22(29)14-8-6-5-7-9-14)24(31)25(19,10-11-26)36-27-20/h5-9,12-13,19,21H,10H2,1-4H3/t19-,21+,25-/m1/s1. The molecule has 2 aromatic carbocycles. The maximum atomic E-state index is 13.8. The van der Waals surface area contributed by atoms with Crippen molar-refractivity contribution < 1.29 is 38.2 Å². The second kappa shape index (κ2) is 9.58. The highest BCUT2D eigenvalue weighted by atomic mass is 16.7. The molecule has 2 aromatic rings. The van der Waals surface area contributed by atoms with Crippen LogP contribution in [-0.4, -0.2) is 68.5 Å². The molecule has 2 aliphatic heterocycles. The number of oxime groups is 1. The number of fused-ring (bicyclic) bond motifs is 1. The maximum absolute atomic E-state index is 13.8. The van der Waals surface area contributed by atoms with Gasteiger partial charge in [-0.25, -0.2) is 4.79 Å². The second-order valence-corrected chi connectivity index (χ2v) is 7.99. The van der Waals surface area contributed by atoms with Gasteiger partial charge in [0, 0.05) is 17.7 Å². The SMILES string of the molecule is COC(=O)[C@@H]1[C@H]2C(c3c(OC)cc(OC)cc3OC)=NO[C@@]2(CC#N)C(=O)N1C(=O)c1ccccc1. The molecule has 11 heteroatoms. The highest BCUT2D eigenvalue weighted by Crippen LogP contribution is 2.50. The molecule has 0 aliphatic carbocycles. The molecule has 0 spiro atoms. The molecule has 2 heterocycles. The summed E-state index contributed by atoms with van der Waals surface area (Å²) in [5.41, 5.74) is -1.40. The summed E-state index contributed by atoms with van der Waals surface area (Å²) in [6.07, 6.45) is -0.476. The number of hydrogen-bond acceptors (Lipinski definition) is 10. The van der Waals surface area contributed by atoms with Crippen molar-refractivity contribution >= 4 is 23.5 Å². The summed E-state index contributed by atoms with van der Waals surface area (Å²) in [7, 11) is 5.44. The van der Waals surface area contributed by atoms with Crippen LogP contribution in [0.2, 0.25) is 0 Å². The predicted molar refractivity (Wildman–Crippen MR) is 124 cm³/mol. The van der Waals surface area contributed by atoms with Crippen molar-refractivity contribution in [3.8, 4) is 23.3 Å². The van der Waals surface area contributed by atoms with Gasteiger partial charge in [-0.05, 0) is 12.1 Å². The number of methoxy groups -OCH3 is 4. The van der Waals surface area contributed by atoms with Crippen molar-refractivity contribution in [3.05, 3.63) is 53.6 Å². The van der Waals surface area contributed by atoms with Gasteiger partial charge in [-0.2, -0.15) is 5.26 Å². The lowest BCUT2D eigenvalue weighted by Gasteiger charge is -2.25. The van der Waals surface area contributed by atoms with Crippen molar-refractivity contribution in [1.29, 1.82) is 5.26 Å². The predicted octanol–water partition coefficient (Wildman–Crippen LogP) is 1.94. The quantitative estimate of drug-likeness (QED) is 0.418. The van der Waals surface area contributed by atoms with Crippen LogP contribution in [0.3, 0.4) is 0 Å². The molecule has 36 heavy (non-hydrogen) atoms. The summed E-state index contributed by atoms with van der Waals surface area (Å²) in [5.74, 6) is -2.75. The second-order valence-electron chi connectivity index (χ2n) is 7.99. The lowest BCUT2D eigenvalue weighted by molar-refractivity contribution is -0.150. The van der Waals surface area contributed by atoms with Crippen LogP contribution in [0, 0.1) is 17.2 Å². The molecular formula is C25H23N3O8. The minimum absolute atomic E-state index is 0.0914. The normalized spacial score (nSPS) is 22.1. The fourth-order valence-electron chi connectivity index (χ4n) is 4.62. The number of nitriles is 1. The molecule has 0 unspecified atom stereocenters. The molecule has 0 bridgehead atoms. The molecule has 0 N–H and O–H groups in total. The molecule has 0 aromatic heterocycles. The molecule has 0 radical (unpaired) electrons. The first-order valence-electron chi connectivity index (χ1n) is 10.8. The van der Waals surface area contributed by atoms with Gasteiger partial charge in [0.15, 0.2) is 6.04 Å². The van der Waals surface area contributed by atoms with Crippen LogP contribution >= 0.6 is 0 Å². The van der Waals surface area contributed by atoms with E-state index in [1.54, 1.807) is 30.3 Å². The minimum atomic E-state index is -1.94. The lowest BCUT2D eigenvalue weighted by atomic mass is 9.78. The lowest BCUT2D eigenvalue weighted by Crippen LogP contribution is -2.47. The van der Waals surface area contributed by atoms with Crippen LogP contribution in [0.5, 0.6) is 17.2 Å². The van der Waals surface area contributed by atoms with E-state index in [1.165, 1.54) is 33.5 Å². The maximum Gasteiger partial charge on any atom is 0.329 e. The van der Waals surface area contributed by atoms with Crippen LogP contribution in [0.4, 0.5) is 0 Å². The zero-order valence-corrected chi connectivity index (χ0v) is 20.0. The average Bonchev–Trinajstić information content (AvgIpc) is 3.40. The van der Waals surface area contributed by atoms with E-state index in [9.17, 15) is 19.6 Å². The van der Waals surface area contributed by atoms with Gasteiger partial charge in [-0.15, -0.1) is 0 Å². The third kappa shape index (κ3) is 3.58. The van der Waals surface area contributed by atoms with E-state index in [-0.39, 0.29) is 28.3 Å². The molecule has 1 saturated heterocycles. The molecule has 11 nitrogen and oxygen atoms in total. The molecule has 1 fully saturated rings. The Bertz CT molecular complexity index is 1260. The Hall–Kier alpha value is -4.59. The summed E-state index contributed by atoms with van der Waals surface area (Å²) in [5, 5.41) is 13.8. The molecule has 2 amide bonds. The van der Waals surface area contributed by atoms with Crippen LogP contribution in [-0.2, 0) is 19.2 Å². The Morgan fingerprint density at radius 2 is 1.72 bits per heavy atom.